The van der Waals surface area contributed by atoms with E-state index in [9.17, 15) is 14.7 Å². The van der Waals surface area contributed by atoms with Crippen LogP contribution >= 0.6 is 0 Å². The fourth-order valence-corrected chi connectivity index (χ4v) is 1.61. The van der Waals surface area contributed by atoms with Crippen LogP contribution in [0.25, 0.3) is 0 Å². The van der Waals surface area contributed by atoms with E-state index in [4.69, 9.17) is 0 Å². The molecule has 0 aliphatic rings. The van der Waals surface area contributed by atoms with Gasteiger partial charge in [-0.3, -0.25) is 20.4 Å². The highest BCUT2D eigenvalue weighted by Crippen LogP contribution is 2.10. The van der Waals surface area contributed by atoms with Gasteiger partial charge in [0.05, 0.1) is 0 Å². The standard InChI is InChI=1S/C15H14N2O3/c1-10-5-7-11(8-6-10)14(19)16-17-15(20)12-3-2-4-13(18)9-12/h2-9,18H,1H3,(H,16,19)(H,17,20). The van der Waals surface area contributed by atoms with E-state index in [-0.39, 0.29) is 11.3 Å². The molecule has 20 heavy (non-hydrogen) atoms. The van der Waals surface area contributed by atoms with Gasteiger partial charge in [-0.15, -0.1) is 0 Å². The van der Waals surface area contributed by atoms with Gasteiger partial charge in [-0.2, -0.15) is 0 Å². The third-order valence-corrected chi connectivity index (χ3v) is 2.71. The van der Waals surface area contributed by atoms with Crippen LogP contribution in [0.5, 0.6) is 5.75 Å². The summed E-state index contributed by atoms with van der Waals surface area (Å²) in [5.41, 5.74) is 6.36. The number of phenolic OH excluding ortho intramolecular Hbond substituents is 1. The SMILES string of the molecule is Cc1ccc(C(=O)NNC(=O)c2cccc(O)c2)cc1. The fraction of sp³-hybridized carbons (Fsp3) is 0.0667. The highest BCUT2D eigenvalue weighted by atomic mass is 16.3. The number of hydrogen-bond acceptors (Lipinski definition) is 3. The lowest BCUT2D eigenvalue weighted by molar-refractivity contribution is 0.0846. The summed E-state index contributed by atoms with van der Waals surface area (Å²) in [6.45, 7) is 1.92. The second kappa shape index (κ2) is 5.88. The van der Waals surface area contributed by atoms with E-state index < -0.39 is 11.8 Å². The van der Waals surface area contributed by atoms with E-state index in [1.807, 2.05) is 19.1 Å². The molecule has 2 aromatic carbocycles. The molecule has 0 bridgehead atoms. The van der Waals surface area contributed by atoms with Crippen LogP contribution in [0.3, 0.4) is 0 Å². The quantitative estimate of drug-likeness (QED) is 0.728. The topological polar surface area (TPSA) is 78.4 Å². The smallest absolute Gasteiger partial charge is 0.269 e. The molecule has 0 spiro atoms. The van der Waals surface area contributed by atoms with E-state index in [0.717, 1.165) is 5.56 Å². The van der Waals surface area contributed by atoms with Crippen LogP contribution in [-0.2, 0) is 0 Å². The Morgan fingerprint density at radius 2 is 1.50 bits per heavy atom. The Bertz CT molecular complexity index is 636. The number of carbonyl (C=O) groups is 2. The normalized spacial score (nSPS) is 9.85. The van der Waals surface area contributed by atoms with E-state index in [0.29, 0.717) is 5.56 Å². The molecule has 3 N–H and O–H groups in total. The van der Waals surface area contributed by atoms with Gasteiger partial charge < -0.3 is 5.11 Å². The number of rotatable bonds is 2. The number of benzene rings is 2. The minimum absolute atomic E-state index is 0.0116. The van der Waals surface area contributed by atoms with Crippen LogP contribution in [0, 0.1) is 6.92 Å². The molecule has 2 aromatic rings. The predicted molar refractivity (Wildman–Crippen MR) is 74.2 cm³/mol. The zero-order chi connectivity index (χ0) is 14.5. The van der Waals surface area contributed by atoms with Crippen molar-refractivity contribution in [2.45, 2.75) is 6.92 Å². The first-order chi connectivity index (χ1) is 9.56. The van der Waals surface area contributed by atoms with Gasteiger partial charge in [0, 0.05) is 11.1 Å². The third kappa shape index (κ3) is 3.35. The summed E-state index contributed by atoms with van der Waals surface area (Å²) in [5, 5.41) is 9.28. The monoisotopic (exact) mass is 270 g/mol. The summed E-state index contributed by atoms with van der Waals surface area (Å²) in [4.78, 5) is 23.5. The van der Waals surface area contributed by atoms with Gasteiger partial charge in [0.15, 0.2) is 0 Å². The molecular formula is C15H14N2O3. The van der Waals surface area contributed by atoms with E-state index >= 15 is 0 Å². The van der Waals surface area contributed by atoms with Gasteiger partial charge in [0.2, 0.25) is 0 Å². The first kappa shape index (κ1) is 13.6. The summed E-state index contributed by atoms with van der Waals surface area (Å²) in [6, 6.07) is 12.8. The zero-order valence-electron chi connectivity index (χ0n) is 10.9. The summed E-state index contributed by atoms with van der Waals surface area (Å²) >= 11 is 0. The lowest BCUT2D eigenvalue weighted by Gasteiger charge is -2.07. The van der Waals surface area contributed by atoms with E-state index in [1.165, 1.54) is 18.2 Å². The van der Waals surface area contributed by atoms with Crippen molar-refractivity contribution in [3.05, 3.63) is 65.2 Å². The molecule has 0 radical (unpaired) electrons. The summed E-state index contributed by atoms with van der Waals surface area (Å²) in [7, 11) is 0. The van der Waals surface area contributed by atoms with Gasteiger partial charge in [0.25, 0.3) is 11.8 Å². The molecule has 0 saturated carbocycles. The Balaban J connectivity index is 1.96. The number of phenols is 1. The van der Waals surface area contributed by atoms with Crippen molar-refractivity contribution in [2.24, 2.45) is 0 Å². The molecule has 0 aliphatic carbocycles. The largest absolute Gasteiger partial charge is 0.508 e. The number of hydrazine groups is 1. The molecule has 2 amide bonds. The van der Waals surface area contributed by atoms with Crippen molar-refractivity contribution < 1.29 is 14.7 Å². The van der Waals surface area contributed by atoms with Crippen LogP contribution in [-0.4, -0.2) is 16.9 Å². The van der Waals surface area contributed by atoms with Crippen LogP contribution in [0.2, 0.25) is 0 Å². The van der Waals surface area contributed by atoms with E-state index in [1.54, 1.807) is 18.2 Å². The van der Waals surface area contributed by atoms with Crippen LogP contribution < -0.4 is 10.9 Å². The lowest BCUT2D eigenvalue weighted by Crippen LogP contribution is -2.41. The average molecular weight is 270 g/mol. The van der Waals surface area contributed by atoms with Crippen molar-refractivity contribution in [1.82, 2.24) is 10.9 Å². The maximum Gasteiger partial charge on any atom is 0.269 e. The first-order valence-electron chi connectivity index (χ1n) is 6.02. The lowest BCUT2D eigenvalue weighted by atomic mass is 10.1. The highest BCUT2D eigenvalue weighted by molar-refractivity contribution is 5.99. The molecule has 0 fully saturated rings. The predicted octanol–water partition coefficient (Wildman–Crippen LogP) is 1.78. The van der Waals surface area contributed by atoms with Crippen LogP contribution in [0.4, 0.5) is 0 Å². The van der Waals surface area contributed by atoms with Gasteiger partial charge in [-0.05, 0) is 37.3 Å². The van der Waals surface area contributed by atoms with Gasteiger partial charge in [0.1, 0.15) is 5.75 Å². The summed E-state index contributed by atoms with van der Waals surface area (Å²) in [6.07, 6.45) is 0. The Kier molecular flexibility index (Phi) is 4.00. The van der Waals surface area contributed by atoms with Crippen LogP contribution in [0.1, 0.15) is 26.3 Å². The molecule has 5 heteroatoms. The Morgan fingerprint density at radius 3 is 2.10 bits per heavy atom. The van der Waals surface area contributed by atoms with Crippen molar-refractivity contribution in [2.75, 3.05) is 0 Å². The Hall–Kier alpha value is -2.82. The van der Waals surface area contributed by atoms with Gasteiger partial charge >= 0.3 is 0 Å². The summed E-state index contributed by atoms with van der Waals surface area (Å²) < 4.78 is 0. The molecule has 102 valence electrons. The minimum Gasteiger partial charge on any atom is -0.508 e. The second-order valence-corrected chi connectivity index (χ2v) is 4.32. The minimum atomic E-state index is -0.499. The van der Waals surface area contributed by atoms with Gasteiger partial charge in [-0.1, -0.05) is 23.8 Å². The molecule has 0 atom stereocenters. The van der Waals surface area contributed by atoms with Crippen molar-refractivity contribution >= 4 is 11.8 Å². The van der Waals surface area contributed by atoms with E-state index in [2.05, 4.69) is 10.9 Å². The molecule has 0 saturated heterocycles. The number of hydrogen-bond donors (Lipinski definition) is 3. The average Bonchev–Trinajstić information content (AvgIpc) is 2.45. The number of amides is 2. The molecule has 0 aliphatic heterocycles. The maximum absolute atomic E-state index is 11.8. The number of aryl methyl sites for hydroxylation is 1. The first-order valence-corrected chi connectivity index (χ1v) is 6.02. The molecule has 0 unspecified atom stereocenters. The molecule has 0 heterocycles. The van der Waals surface area contributed by atoms with Crippen molar-refractivity contribution in [3.63, 3.8) is 0 Å². The van der Waals surface area contributed by atoms with Crippen LogP contribution in [0.15, 0.2) is 48.5 Å². The Morgan fingerprint density at radius 1 is 0.900 bits per heavy atom. The summed E-state index contributed by atoms with van der Waals surface area (Å²) in [5.74, 6) is -0.914. The third-order valence-electron chi connectivity index (χ3n) is 2.71. The molecule has 2 rings (SSSR count). The molecule has 5 nitrogen and oxygen atoms in total. The van der Waals surface area contributed by atoms with Gasteiger partial charge in [-0.25, -0.2) is 0 Å². The second-order valence-electron chi connectivity index (χ2n) is 4.32. The molecule has 0 aromatic heterocycles. The number of aromatic hydroxyl groups is 1. The molecular weight excluding hydrogens is 256 g/mol. The zero-order valence-corrected chi connectivity index (χ0v) is 10.9. The van der Waals surface area contributed by atoms with Crippen molar-refractivity contribution in [1.29, 1.82) is 0 Å². The maximum atomic E-state index is 11.8. The van der Waals surface area contributed by atoms with Crippen molar-refractivity contribution in [3.8, 4) is 5.75 Å². The highest BCUT2D eigenvalue weighted by Gasteiger charge is 2.09. The fourth-order valence-electron chi connectivity index (χ4n) is 1.61. The Labute approximate surface area is 116 Å². The number of carbonyl (C=O) groups excluding carboxylic acids is 2. The number of nitrogens with one attached hydrogen (secondary N) is 2.